The van der Waals surface area contributed by atoms with E-state index in [4.69, 9.17) is 0 Å². The van der Waals surface area contributed by atoms with Crippen molar-refractivity contribution in [1.29, 1.82) is 0 Å². The van der Waals surface area contributed by atoms with Crippen molar-refractivity contribution in [3.8, 4) is 0 Å². The molecule has 0 amide bonds. The van der Waals surface area contributed by atoms with E-state index >= 15 is 0 Å². The number of aromatic nitrogens is 4. The third-order valence-corrected chi connectivity index (χ3v) is 5.01. The summed E-state index contributed by atoms with van der Waals surface area (Å²) in [6, 6.07) is 10.7. The van der Waals surface area contributed by atoms with Crippen LogP contribution in [0.2, 0.25) is 0 Å². The predicted octanol–water partition coefficient (Wildman–Crippen LogP) is 2.70. The summed E-state index contributed by atoms with van der Waals surface area (Å²) >= 11 is 0. The fraction of sp³-hybridized carbons (Fsp3) is 0.421. The summed E-state index contributed by atoms with van der Waals surface area (Å²) in [5, 5.41) is 8.04. The maximum Gasteiger partial charge on any atom is 0.160 e. The van der Waals surface area contributed by atoms with Crippen LogP contribution in [0.1, 0.15) is 18.9 Å². The molecule has 1 aliphatic heterocycles. The number of benzene rings is 1. The first-order valence-electron chi connectivity index (χ1n) is 8.98. The van der Waals surface area contributed by atoms with Crippen LogP contribution >= 0.6 is 0 Å². The molecule has 0 bridgehead atoms. The molecule has 0 saturated carbocycles. The molecular formula is C19H24N6. The summed E-state index contributed by atoms with van der Waals surface area (Å²) in [6.07, 6.45) is 4.68. The van der Waals surface area contributed by atoms with Crippen molar-refractivity contribution in [2.45, 2.75) is 19.9 Å². The number of nitrogens with zero attached hydrogens (tertiary/aromatic N) is 5. The van der Waals surface area contributed by atoms with Gasteiger partial charge in [0.05, 0.1) is 11.6 Å². The van der Waals surface area contributed by atoms with Crippen LogP contribution in [-0.4, -0.2) is 51.2 Å². The van der Waals surface area contributed by atoms with Crippen molar-refractivity contribution in [3.05, 3.63) is 48.4 Å². The number of rotatable bonds is 6. The highest BCUT2D eigenvalue weighted by Gasteiger charge is 2.25. The van der Waals surface area contributed by atoms with Gasteiger partial charge in [-0.1, -0.05) is 30.3 Å². The quantitative estimate of drug-likeness (QED) is 0.750. The molecule has 4 rings (SSSR count). The monoisotopic (exact) mass is 336 g/mol. The minimum atomic E-state index is 0.667. The number of nitrogens with one attached hydrogen (secondary N) is 1. The molecule has 2 aromatic heterocycles. The van der Waals surface area contributed by atoms with E-state index in [-0.39, 0.29) is 0 Å². The van der Waals surface area contributed by atoms with Crippen molar-refractivity contribution in [1.82, 2.24) is 25.1 Å². The molecule has 130 valence electrons. The van der Waals surface area contributed by atoms with E-state index in [2.05, 4.69) is 67.2 Å². The Morgan fingerprint density at radius 3 is 2.96 bits per heavy atom. The van der Waals surface area contributed by atoms with E-state index in [0.29, 0.717) is 5.92 Å². The predicted molar refractivity (Wildman–Crippen MR) is 99.4 cm³/mol. The second-order valence-corrected chi connectivity index (χ2v) is 6.74. The van der Waals surface area contributed by atoms with Gasteiger partial charge in [-0.15, -0.1) is 0 Å². The van der Waals surface area contributed by atoms with Gasteiger partial charge >= 0.3 is 0 Å². The van der Waals surface area contributed by atoms with Gasteiger partial charge in [-0.25, -0.2) is 9.97 Å². The zero-order chi connectivity index (χ0) is 17.1. The molecule has 25 heavy (non-hydrogen) atoms. The van der Waals surface area contributed by atoms with Crippen molar-refractivity contribution < 1.29 is 0 Å². The van der Waals surface area contributed by atoms with Gasteiger partial charge in [0.25, 0.3) is 0 Å². The van der Waals surface area contributed by atoms with Gasteiger partial charge in [0, 0.05) is 26.2 Å². The van der Waals surface area contributed by atoms with Gasteiger partial charge in [0.1, 0.15) is 12.1 Å². The number of H-pyrrole nitrogens is 1. The molecule has 1 fully saturated rings. The summed E-state index contributed by atoms with van der Waals surface area (Å²) in [7, 11) is 0. The largest absolute Gasteiger partial charge is 0.356 e. The first kappa shape index (κ1) is 16.0. The van der Waals surface area contributed by atoms with Crippen LogP contribution in [0.5, 0.6) is 0 Å². The molecule has 3 aromatic rings. The first-order chi connectivity index (χ1) is 12.3. The van der Waals surface area contributed by atoms with Gasteiger partial charge in [-0.3, -0.25) is 10.00 Å². The highest BCUT2D eigenvalue weighted by molar-refractivity contribution is 5.86. The van der Waals surface area contributed by atoms with Gasteiger partial charge in [-0.05, 0) is 31.4 Å². The second-order valence-electron chi connectivity index (χ2n) is 6.74. The van der Waals surface area contributed by atoms with E-state index in [9.17, 15) is 0 Å². The number of fused-ring (bicyclic) bond motifs is 1. The Kier molecular flexibility index (Phi) is 4.61. The van der Waals surface area contributed by atoms with Crippen molar-refractivity contribution >= 4 is 16.9 Å². The van der Waals surface area contributed by atoms with Crippen molar-refractivity contribution in [2.24, 2.45) is 5.92 Å². The summed E-state index contributed by atoms with van der Waals surface area (Å²) < 4.78 is 0. The number of hydrogen-bond acceptors (Lipinski definition) is 5. The lowest BCUT2D eigenvalue weighted by molar-refractivity contribution is 0.317. The van der Waals surface area contributed by atoms with Crippen LogP contribution in [0.15, 0.2) is 42.9 Å². The summed E-state index contributed by atoms with van der Waals surface area (Å²) in [6.45, 7) is 7.51. The lowest BCUT2D eigenvalue weighted by Gasteiger charge is -2.26. The highest BCUT2D eigenvalue weighted by Crippen LogP contribution is 2.25. The molecule has 0 spiro atoms. The summed E-state index contributed by atoms with van der Waals surface area (Å²) in [5.41, 5.74) is 2.20. The Balaban J connectivity index is 1.42. The minimum absolute atomic E-state index is 0.667. The number of aromatic amines is 1. The van der Waals surface area contributed by atoms with Crippen molar-refractivity contribution in [2.75, 3.05) is 31.1 Å². The van der Waals surface area contributed by atoms with E-state index in [1.54, 1.807) is 6.33 Å². The lowest BCUT2D eigenvalue weighted by Crippen LogP contribution is -2.31. The van der Waals surface area contributed by atoms with Gasteiger partial charge in [-0.2, -0.15) is 5.10 Å². The lowest BCUT2D eigenvalue weighted by atomic mass is 10.1. The normalized spacial score (nSPS) is 18.0. The smallest absolute Gasteiger partial charge is 0.160 e. The summed E-state index contributed by atoms with van der Waals surface area (Å²) in [5.74, 6) is 1.66. The average molecular weight is 336 g/mol. The van der Waals surface area contributed by atoms with Crippen LogP contribution in [0.3, 0.4) is 0 Å². The Labute approximate surface area is 147 Å². The van der Waals surface area contributed by atoms with E-state index < -0.39 is 0 Å². The molecule has 3 heterocycles. The third kappa shape index (κ3) is 3.49. The molecule has 0 aliphatic carbocycles. The van der Waals surface area contributed by atoms with Gasteiger partial charge < -0.3 is 4.90 Å². The molecular weight excluding hydrogens is 312 g/mol. The molecule has 0 radical (unpaired) electrons. The molecule has 1 aliphatic rings. The number of likely N-dealkylation sites (tertiary alicyclic amines) is 1. The Hall–Kier alpha value is -2.47. The van der Waals surface area contributed by atoms with E-state index in [0.717, 1.165) is 43.0 Å². The zero-order valence-corrected chi connectivity index (χ0v) is 14.6. The fourth-order valence-corrected chi connectivity index (χ4v) is 3.73. The fourth-order valence-electron chi connectivity index (χ4n) is 3.73. The average Bonchev–Trinajstić information content (AvgIpc) is 3.29. The third-order valence-electron chi connectivity index (χ3n) is 5.01. The standard InChI is InChI=1S/C19H24N6/c1-2-25(19-17-10-22-23-18(17)20-14-21-19)13-16-8-9-24(12-16)11-15-6-4-3-5-7-15/h3-7,10,14,16H,2,8-9,11-13H2,1H3,(H,20,21,22,23). The topological polar surface area (TPSA) is 60.9 Å². The molecule has 1 saturated heterocycles. The highest BCUT2D eigenvalue weighted by atomic mass is 15.2. The SMILES string of the molecule is CCN(CC1CCN(Cc2ccccc2)C1)c1ncnc2[nH]ncc12. The molecule has 1 atom stereocenters. The molecule has 6 heteroatoms. The van der Waals surface area contributed by atoms with Gasteiger partial charge in [0.15, 0.2) is 5.65 Å². The maximum absolute atomic E-state index is 4.52. The van der Waals surface area contributed by atoms with Crippen LogP contribution < -0.4 is 4.90 Å². The number of anilines is 1. The molecule has 1 aromatic carbocycles. The van der Waals surface area contributed by atoms with Crippen LogP contribution in [0, 0.1) is 5.92 Å². The molecule has 6 nitrogen and oxygen atoms in total. The van der Waals surface area contributed by atoms with Gasteiger partial charge in [0.2, 0.25) is 0 Å². The Morgan fingerprint density at radius 2 is 2.12 bits per heavy atom. The number of hydrogen-bond donors (Lipinski definition) is 1. The van der Waals surface area contributed by atoms with E-state index in [1.165, 1.54) is 18.5 Å². The van der Waals surface area contributed by atoms with Crippen LogP contribution in [0.25, 0.3) is 11.0 Å². The zero-order valence-electron chi connectivity index (χ0n) is 14.6. The molecule has 1 unspecified atom stereocenters. The van der Waals surface area contributed by atoms with E-state index in [1.807, 2.05) is 6.20 Å². The van der Waals surface area contributed by atoms with Crippen LogP contribution in [0.4, 0.5) is 5.82 Å². The second kappa shape index (κ2) is 7.19. The molecule has 1 N–H and O–H groups in total. The Bertz CT molecular complexity index is 815. The first-order valence-corrected chi connectivity index (χ1v) is 8.98. The Morgan fingerprint density at radius 1 is 1.24 bits per heavy atom. The minimum Gasteiger partial charge on any atom is -0.356 e. The van der Waals surface area contributed by atoms with Crippen molar-refractivity contribution in [3.63, 3.8) is 0 Å². The maximum atomic E-state index is 4.52. The van der Waals surface area contributed by atoms with Crippen LogP contribution in [-0.2, 0) is 6.54 Å². The summed E-state index contributed by atoms with van der Waals surface area (Å²) in [4.78, 5) is 13.7.